The normalized spacial score (nSPS) is 25.0. The Hall–Kier alpha value is -1.08. The quantitative estimate of drug-likeness (QED) is 0.707. The van der Waals surface area contributed by atoms with Gasteiger partial charge in [-0.1, -0.05) is 35.4 Å². The number of rotatable bonds is 3. The highest BCUT2D eigenvalue weighted by atomic mass is 35.5. The van der Waals surface area contributed by atoms with E-state index in [9.17, 15) is 13.2 Å². The van der Waals surface area contributed by atoms with Gasteiger partial charge in [0.1, 0.15) is 4.90 Å². The Kier molecular flexibility index (Phi) is 5.68. The van der Waals surface area contributed by atoms with Crippen LogP contribution < -0.4 is 0 Å². The van der Waals surface area contributed by atoms with Crippen molar-refractivity contribution in [1.29, 1.82) is 0 Å². The van der Waals surface area contributed by atoms with Gasteiger partial charge in [0.25, 0.3) is 0 Å². The Bertz CT molecular complexity index is 833. The second-order valence-corrected chi connectivity index (χ2v) is 9.55. The van der Waals surface area contributed by atoms with Gasteiger partial charge in [0.2, 0.25) is 15.9 Å². The van der Waals surface area contributed by atoms with Crippen molar-refractivity contribution in [3.63, 3.8) is 0 Å². The summed E-state index contributed by atoms with van der Waals surface area (Å²) < 4.78 is 27.6. The van der Waals surface area contributed by atoms with Crippen molar-refractivity contribution in [1.82, 2.24) is 9.21 Å². The zero-order valence-corrected chi connectivity index (χ0v) is 17.1. The molecule has 8 heteroatoms. The molecule has 0 spiro atoms. The third-order valence-corrected chi connectivity index (χ3v) is 8.03. The molecule has 1 heterocycles. The molecule has 0 N–H and O–H groups in total. The number of hydrogen-bond donors (Lipinski definition) is 0. The third-order valence-electron chi connectivity index (χ3n) is 5.33. The molecule has 1 aromatic rings. The van der Waals surface area contributed by atoms with Crippen molar-refractivity contribution >= 4 is 39.1 Å². The molecule has 142 valence electrons. The summed E-state index contributed by atoms with van der Waals surface area (Å²) in [6.07, 6.45) is 5.58. The van der Waals surface area contributed by atoms with Crippen LogP contribution in [0.3, 0.4) is 0 Å². The smallest absolute Gasteiger partial charge is 0.244 e. The number of nitrogens with zero attached hydrogens (tertiary/aromatic N) is 2. The molecular formula is C18H22Cl2N2O3S. The van der Waals surface area contributed by atoms with Gasteiger partial charge >= 0.3 is 0 Å². The van der Waals surface area contributed by atoms with Gasteiger partial charge in [0.05, 0.1) is 5.02 Å². The van der Waals surface area contributed by atoms with Crippen molar-refractivity contribution in [3.05, 3.63) is 40.4 Å². The number of hydrogen-bond acceptors (Lipinski definition) is 3. The second-order valence-electron chi connectivity index (χ2n) is 6.84. The van der Waals surface area contributed by atoms with E-state index in [0.29, 0.717) is 11.6 Å². The number of piperazine rings is 1. The van der Waals surface area contributed by atoms with Crippen molar-refractivity contribution in [2.24, 2.45) is 5.92 Å². The maximum absolute atomic E-state index is 13.1. The van der Waals surface area contributed by atoms with Crippen LogP contribution in [-0.2, 0) is 14.8 Å². The predicted molar refractivity (Wildman–Crippen MR) is 103 cm³/mol. The number of allylic oxidation sites excluding steroid dienone is 2. The highest BCUT2D eigenvalue weighted by Gasteiger charge is 2.41. The zero-order valence-electron chi connectivity index (χ0n) is 14.7. The number of halogens is 2. The van der Waals surface area contributed by atoms with E-state index in [1.54, 1.807) is 0 Å². The van der Waals surface area contributed by atoms with Gasteiger partial charge in [-0.05, 0) is 44.9 Å². The summed E-state index contributed by atoms with van der Waals surface area (Å²) in [4.78, 5) is 14.6. The van der Waals surface area contributed by atoms with Crippen LogP contribution in [0.2, 0.25) is 10.0 Å². The van der Waals surface area contributed by atoms with Crippen LogP contribution in [0.25, 0.3) is 0 Å². The minimum Gasteiger partial charge on any atom is -0.337 e. The van der Waals surface area contributed by atoms with E-state index in [1.807, 2.05) is 30.9 Å². The van der Waals surface area contributed by atoms with Crippen LogP contribution >= 0.6 is 23.2 Å². The maximum atomic E-state index is 13.1. The van der Waals surface area contributed by atoms with E-state index in [4.69, 9.17) is 23.2 Å². The Morgan fingerprint density at radius 2 is 1.73 bits per heavy atom. The molecule has 1 aliphatic carbocycles. The van der Waals surface area contributed by atoms with Crippen LogP contribution in [-0.4, -0.2) is 48.7 Å². The first-order chi connectivity index (χ1) is 12.2. The number of carbonyl (C=O) groups excluding carboxylic acids is 1. The van der Waals surface area contributed by atoms with Gasteiger partial charge in [-0.3, -0.25) is 4.79 Å². The number of benzene rings is 1. The van der Waals surface area contributed by atoms with Crippen LogP contribution in [0.1, 0.15) is 26.7 Å². The molecule has 3 rings (SSSR count). The van der Waals surface area contributed by atoms with Gasteiger partial charge in [0.15, 0.2) is 0 Å². The number of carbonyl (C=O) groups is 1. The molecule has 1 aliphatic heterocycles. The summed E-state index contributed by atoms with van der Waals surface area (Å²) in [6, 6.07) is 3.81. The molecule has 1 amide bonds. The molecule has 1 fully saturated rings. The Balaban J connectivity index is 1.81. The molecule has 2 atom stereocenters. The summed E-state index contributed by atoms with van der Waals surface area (Å²) in [5, 5.41) is 0.490. The van der Waals surface area contributed by atoms with Gasteiger partial charge in [0, 0.05) is 36.1 Å². The number of amides is 1. The largest absolute Gasteiger partial charge is 0.337 e. The first-order valence-electron chi connectivity index (χ1n) is 8.66. The molecule has 1 saturated heterocycles. The third kappa shape index (κ3) is 3.52. The molecular weight excluding hydrogens is 395 g/mol. The summed E-state index contributed by atoms with van der Waals surface area (Å²) in [7, 11) is -3.77. The monoisotopic (exact) mass is 416 g/mol. The Morgan fingerprint density at radius 3 is 2.35 bits per heavy atom. The average molecular weight is 417 g/mol. The number of sulfonamides is 1. The fraction of sp³-hybridized carbons (Fsp3) is 0.500. The highest BCUT2D eigenvalue weighted by Crippen LogP contribution is 2.32. The Morgan fingerprint density at radius 1 is 1.08 bits per heavy atom. The van der Waals surface area contributed by atoms with E-state index in [-0.39, 0.29) is 40.4 Å². The van der Waals surface area contributed by atoms with E-state index in [2.05, 4.69) is 0 Å². The fourth-order valence-electron chi connectivity index (χ4n) is 3.63. The van der Waals surface area contributed by atoms with Crippen molar-refractivity contribution in [2.75, 3.05) is 13.1 Å². The van der Waals surface area contributed by atoms with E-state index < -0.39 is 10.0 Å². The highest BCUT2D eigenvalue weighted by molar-refractivity contribution is 7.89. The van der Waals surface area contributed by atoms with Gasteiger partial charge < -0.3 is 4.90 Å². The lowest BCUT2D eigenvalue weighted by molar-refractivity contribution is -0.140. The van der Waals surface area contributed by atoms with E-state index in [0.717, 1.165) is 12.8 Å². The lowest BCUT2D eigenvalue weighted by Crippen LogP contribution is -2.60. The van der Waals surface area contributed by atoms with Crippen molar-refractivity contribution < 1.29 is 13.2 Å². The van der Waals surface area contributed by atoms with Gasteiger partial charge in [-0.15, -0.1) is 0 Å². The second kappa shape index (κ2) is 7.50. The SMILES string of the molecule is C[C@@H]1[C@H](C)N(C(=O)C2CC=CC2)CCN1S(=O)(=O)c1ccc(Cl)cc1Cl. The molecule has 1 aromatic carbocycles. The first kappa shape index (κ1) is 19.7. The van der Waals surface area contributed by atoms with Gasteiger partial charge in [-0.25, -0.2) is 8.42 Å². The fourth-order valence-corrected chi connectivity index (χ4v) is 6.06. The maximum Gasteiger partial charge on any atom is 0.244 e. The van der Waals surface area contributed by atoms with Gasteiger partial charge in [-0.2, -0.15) is 4.31 Å². The molecule has 2 aliphatic rings. The minimum atomic E-state index is -3.77. The minimum absolute atomic E-state index is 0.0153. The molecule has 0 radical (unpaired) electrons. The Labute approximate surface area is 164 Å². The summed E-state index contributed by atoms with van der Waals surface area (Å²) in [5.74, 6) is 0.0921. The van der Waals surface area contributed by atoms with Crippen LogP contribution in [0, 0.1) is 5.92 Å². The molecule has 0 unspecified atom stereocenters. The molecule has 0 saturated carbocycles. The lowest BCUT2D eigenvalue weighted by Gasteiger charge is -2.45. The lowest BCUT2D eigenvalue weighted by atomic mass is 10.0. The summed E-state index contributed by atoms with van der Waals surface area (Å²) in [5.41, 5.74) is 0. The topological polar surface area (TPSA) is 57.7 Å². The van der Waals surface area contributed by atoms with E-state index >= 15 is 0 Å². The summed E-state index contributed by atoms with van der Waals surface area (Å²) >= 11 is 12.0. The predicted octanol–water partition coefficient (Wildman–Crippen LogP) is 3.57. The van der Waals surface area contributed by atoms with E-state index in [1.165, 1.54) is 22.5 Å². The van der Waals surface area contributed by atoms with Crippen molar-refractivity contribution in [2.45, 2.75) is 43.7 Å². The molecule has 0 bridgehead atoms. The molecule has 26 heavy (non-hydrogen) atoms. The average Bonchev–Trinajstić information content (AvgIpc) is 3.10. The first-order valence-corrected chi connectivity index (χ1v) is 10.9. The van der Waals surface area contributed by atoms with Crippen LogP contribution in [0.5, 0.6) is 0 Å². The zero-order chi connectivity index (χ0) is 19.1. The van der Waals surface area contributed by atoms with Crippen LogP contribution in [0.15, 0.2) is 35.2 Å². The van der Waals surface area contributed by atoms with Crippen molar-refractivity contribution in [3.8, 4) is 0 Å². The molecule has 0 aromatic heterocycles. The molecule has 5 nitrogen and oxygen atoms in total. The van der Waals surface area contributed by atoms with Crippen LogP contribution in [0.4, 0.5) is 0 Å². The standard InChI is InChI=1S/C18H22Cl2N2O3S/c1-12-13(2)22(10-9-21(12)18(23)14-5-3-4-6-14)26(24,25)17-8-7-15(19)11-16(17)20/h3-4,7-8,11-14H,5-6,9-10H2,1-2H3/t12-,13+/m0/s1. The summed E-state index contributed by atoms with van der Waals surface area (Å²) in [6.45, 7) is 4.36.